The van der Waals surface area contributed by atoms with Crippen molar-refractivity contribution < 1.29 is 14.4 Å². The molecule has 1 aromatic carbocycles. The van der Waals surface area contributed by atoms with Crippen LogP contribution in [0.15, 0.2) is 42.5 Å². The van der Waals surface area contributed by atoms with Gasteiger partial charge in [0.05, 0.1) is 0 Å². The molecule has 5 heteroatoms. The Bertz CT molecular complexity index is 689. The van der Waals surface area contributed by atoms with Crippen LogP contribution < -0.4 is 10.6 Å². The number of hydrogen-bond acceptors (Lipinski definition) is 3. The van der Waals surface area contributed by atoms with Gasteiger partial charge in [-0.1, -0.05) is 35.9 Å². The topological polar surface area (TPSA) is 75.3 Å². The molecular formula is C20H24N2O3. The van der Waals surface area contributed by atoms with Crippen molar-refractivity contribution in [3.05, 3.63) is 53.6 Å². The van der Waals surface area contributed by atoms with Crippen molar-refractivity contribution in [1.29, 1.82) is 0 Å². The monoisotopic (exact) mass is 340 g/mol. The van der Waals surface area contributed by atoms with Gasteiger partial charge in [0.2, 0.25) is 11.8 Å². The van der Waals surface area contributed by atoms with Gasteiger partial charge >= 0.3 is 0 Å². The van der Waals surface area contributed by atoms with Crippen molar-refractivity contribution in [2.24, 2.45) is 5.92 Å². The third-order valence-electron chi connectivity index (χ3n) is 4.10. The lowest BCUT2D eigenvalue weighted by Gasteiger charge is -2.16. The molecule has 1 saturated heterocycles. The van der Waals surface area contributed by atoms with Crippen LogP contribution >= 0.6 is 0 Å². The van der Waals surface area contributed by atoms with Crippen molar-refractivity contribution in [2.45, 2.75) is 32.7 Å². The summed E-state index contributed by atoms with van der Waals surface area (Å²) >= 11 is 0. The summed E-state index contributed by atoms with van der Waals surface area (Å²) in [5.41, 5.74) is 2.10. The van der Waals surface area contributed by atoms with Crippen LogP contribution in [0.5, 0.6) is 0 Å². The van der Waals surface area contributed by atoms with Crippen molar-refractivity contribution in [3.63, 3.8) is 0 Å². The molecule has 1 aliphatic heterocycles. The molecule has 2 rings (SSSR count). The number of aryl methyl sites for hydroxylation is 1. The van der Waals surface area contributed by atoms with Crippen LogP contribution in [-0.4, -0.2) is 30.2 Å². The fourth-order valence-corrected chi connectivity index (χ4v) is 2.69. The smallest absolute Gasteiger partial charge is 0.244 e. The van der Waals surface area contributed by atoms with Gasteiger partial charge in [-0.2, -0.15) is 0 Å². The molecule has 0 saturated carbocycles. The molecule has 1 heterocycles. The lowest BCUT2D eigenvalue weighted by Crippen LogP contribution is -2.35. The Kier molecular flexibility index (Phi) is 6.69. The summed E-state index contributed by atoms with van der Waals surface area (Å²) in [7, 11) is 0. The molecular weight excluding hydrogens is 316 g/mol. The summed E-state index contributed by atoms with van der Waals surface area (Å²) in [6.07, 6.45) is 7.53. The van der Waals surface area contributed by atoms with E-state index in [9.17, 15) is 14.4 Å². The van der Waals surface area contributed by atoms with Gasteiger partial charge < -0.3 is 10.6 Å². The number of allylic oxidation sites excluding steroid dienone is 1. The zero-order valence-electron chi connectivity index (χ0n) is 14.6. The Morgan fingerprint density at radius 3 is 2.60 bits per heavy atom. The minimum absolute atomic E-state index is 0.00525. The quantitative estimate of drug-likeness (QED) is 0.747. The van der Waals surface area contributed by atoms with Crippen molar-refractivity contribution in [1.82, 2.24) is 10.6 Å². The normalized spacial score (nSPS) is 18.5. The summed E-state index contributed by atoms with van der Waals surface area (Å²) in [5, 5.41) is 5.64. The van der Waals surface area contributed by atoms with Gasteiger partial charge in [-0.3, -0.25) is 14.4 Å². The van der Waals surface area contributed by atoms with Crippen molar-refractivity contribution in [3.8, 4) is 0 Å². The first-order valence-electron chi connectivity index (χ1n) is 8.46. The molecule has 1 aliphatic rings. The van der Waals surface area contributed by atoms with E-state index in [1.165, 1.54) is 19.1 Å². The number of carbonyl (C=O) groups excluding carboxylic acids is 3. The zero-order valence-corrected chi connectivity index (χ0v) is 14.6. The average molecular weight is 340 g/mol. The number of hydrogen-bond donors (Lipinski definition) is 2. The minimum Gasteiger partial charge on any atom is -0.356 e. The second-order valence-electron chi connectivity index (χ2n) is 6.34. The predicted molar refractivity (Wildman–Crippen MR) is 97.7 cm³/mol. The zero-order chi connectivity index (χ0) is 18.2. The molecule has 5 nitrogen and oxygen atoms in total. The lowest BCUT2D eigenvalue weighted by molar-refractivity contribution is -0.123. The van der Waals surface area contributed by atoms with Gasteiger partial charge in [0.1, 0.15) is 0 Å². The second-order valence-corrected chi connectivity index (χ2v) is 6.34. The first-order chi connectivity index (χ1) is 11.9. The van der Waals surface area contributed by atoms with Crippen LogP contribution in [0.2, 0.25) is 0 Å². The van der Waals surface area contributed by atoms with Gasteiger partial charge in [-0.25, -0.2) is 0 Å². The molecule has 25 heavy (non-hydrogen) atoms. The first kappa shape index (κ1) is 18.6. The highest BCUT2D eigenvalue weighted by molar-refractivity contribution is 5.92. The largest absolute Gasteiger partial charge is 0.356 e. The van der Waals surface area contributed by atoms with Crippen LogP contribution in [0.1, 0.15) is 30.9 Å². The van der Waals surface area contributed by atoms with E-state index in [0.717, 1.165) is 17.5 Å². The standard InChI is InChI=1S/C20H24N2O3/c1-14-3-6-16(7-4-14)8-10-19(24)22-18(9-5-15(2)23)13-17-11-12-21-20(17)25/h3-10,17-18H,11-13H2,1-2H3,(H,21,25)(H,22,24)/b9-5+,10-8+. The first-order valence-corrected chi connectivity index (χ1v) is 8.46. The van der Waals surface area contributed by atoms with E-state index < -0.39 is 0 Å². The molecule has 0 spiro atoms. The summed E-state index contributed by atoms with van der Waals surface area (Å²) in [5.74, 6) is -0.476. The number of nitrogens with one attached hydrogen (secondary N) is 2. The Morgan fingerprint density at radius 1 is 1.28 bits per heavy atom. The van der Waals surface area contributed by atoms with Gasteiger partial charge in [-0.05, 0) is 44.4 Å². The fourth-order valence-electron chi connectivity index (χ4n) is 2.69. The maximum atomic E-state index is 12.2. The van der Waals surface area contributed by atoms with E-state index in [2.05, 4.69) is 10.6 Å². The van der Waals surface area contributed by atoms with E-state index in [4.69, 9.17) is 0 Å². The molecule has 2 unspecified atom stereocenters. The molecule has 1 aromatic rings. The molecule has 132 valence electrons. The van der Waals surface area contributed by atoms with Gasteiger partial charge in [0.15, 0.2) is 5.78 Å². The molecule has 0 aromatic heterocycles. The minimum atomic E-state index is -0.354. The van der Waals surface area contributed by atoms with Crippen LogP contribution in [0.25, 0.3) is 6.08 Å². The van der Waals surface area contributed by atoms with Gasteiger partial charge in [-0.15, -0.1) is 0 Å². The fraction of sp³-hybridized carbons (Fsp3) is 0.350. The highest BCUT2D eigenvalue weighted by Crippen LogP contribution is 2.17. The Hall–Kier alpha value is -2.69. The third kappa shape index (κ3) is 6.37. The molecule has 2 atom stereocenters. The number of benzene rings is 1. The second kappa shape index (κ2) is 8.97. The summed E-state index contributed by atoms with van der Waals surface area (Å²) < 4.78 is 0. The summed E-state index contributed by atoms with van der Waals surface area (Å²) in [4.78, 5) is 35.1. The van der Waals surface area contributed by atoms with E-state index in [-0.39, 0.29) is 29.6 Å². The number of amides is 2. The van der Waals surface area contributed by atoms with Crippen LogP contribution in [0.4, 0.5) is 0 Å². The van der Waals surface area contributed by atoms with Crippen molar-refractivity contribution >= 4 is 23.7 Å². The molecule has 0 aliphatic carbocycles. The number of carbonyl (C=O) groups is 3. The van der Waals surface area contributed by atoms with Crippen LogP contribution in [0.3, 0.4) is 0 Å². The van der Waals surface area contributed by atoms with Gasteiger partial charge in [0.25, 0.3) is 0 Å². The van der Waals surface area contributed by atoms with Crippen LogP contribution in [0, 0.1) is 12.8 Å². The van der Waals surface area contributed by atoms with Gasteiger partial charge in [0, 0.05) is 24.6 Å². The molecule has 2 amide bonds. The highest BCUT2D eigenvalue weighted by Gasteiger charge is 2.26. The van der Waals surface area contributed by atoms with Crippen molar-refractivity contribution in [2.75, 3.05) is 6.54 Å². The Morgan fingerprint density at radius 2 is 2.00 bits per heavy atom. The summed E-state index contributed by atoms with van der Waals surface area (Å²) in [6, 6.07) is 7.49. The third-order valence-corrected chi connectivity index (χ3v) is 4.10. The number of rotatable bonds is 7. The average Bonchev–Trinajstić information content (AvgIpc) is 2.97. The Balaban J connectivity index is 1.98. The lowest BCUT2D eigenvalue weighted by atomic mass is 9.97. The van der Waals surface area contributed by atoms with E-state index in [1.54, 1.807) is 12.2 Å². The predicted octanol–water partition coefficient (Wildman–Crippen LogP) is 2.16. The molecule has 2 N–H and O–H groups in total. The van der Waals surface area contributed by atoms with Crippen LogP contribution in [-0.2, 0) is 14.4 Å². The maximum absolute atomic E-state index is 12.2. The molecule has 1 fully saturated rings. The van der Waals surface area contributed by atoms with E-state index in [0.29, 0.717) is 13.0 Å². The highest BCUT2D eigenvalue weighted by atomic mass is 16.2. The number of ketones is 1. The SMILES string of the molecule is CC(=O)/C=C/C(CC1CCNC1=O)NC(=O)/C=C/c1ccc(C)cc1. The van der Waals surface area contributed by atoms with E-state index >= 15 is 0 Å². The Labute approximate surface area is 148 Å². The summed E-state index contributed by atoms with van der Waals surface area (Å²) in [6.45, 7) is 4.12. The van der Waals surface area contributed by atoms with E-state index in [1.807, 2.05) is 31.2 Å². The molecule has 0 radical (unpaired) electrons. The molecule has 0 bridgehead atoms. The maximum Gasteiger partial charge on any atom is 0.244 e.